The maximum Gasteiger partial charge on any atom is 0.146 e. The van der Waals surface area contributed by atoms with E-state index in [1.165, 1.54) is 7.11 Å². The number of methoxy groups -OCH3 is 1. The van der Waals surface area contributed by atoms with Gasteiger partial charge >= 0.3 is 0 Å². The predicted molar refractivity (Wildman–Crippen MR) is 71.6 cm³/mol. The zero-order chi connectivity index (χ0) is 13.7. The summed E-state index contributed by atoms with van der Waals surface area (Å²) in [4.78, 5) is 4.03. The van der Waals surface area contributed by atoms with Crippen LogP contribution < -0.4 is 9.47 Å². The first-order chi connectivity index (χ1) is 9.25. The topological polar surface area (TPSA) is 55.1 Å². The lowest BCUT2D eigenvalue weighted by Gasteiger charge is -2.08. The lowest BCUT2D eigenvalue weighted by atomic mass is 10.2. The molecule has 19 heavy (non-hydrogen) atoms. The van der Waals surface area contributed by atoms with E-state index in [1.807, 2.05) is 0 Å². The first-order valence-electron chi connectivity index (χ1n) is 5.52. The molecule has 0 fully saturated rings. The highest BCUT2D eigenvalue weighted by Gasteiger charge is 2.04. The van der Waals surface area contributed by atoms with E-state index in [2.05, 4.69) is 11.1 Å². The number of alkyl halides is 1. The number of aromatic nitrogens is 1. The first-order valence-corrected chi connectivity index (χ1v) is 6.05. The van der Waals surface area contributed by atoms with Crippen LogP contribution in [0.15, 0.2) is 36.7 Å². The molecule has 0 unspecified atom stereocenters. The molecule has 0 saturated carbocycles. The molecule has 2 aromatic rings. The third-order valence-corrected chi connectivity index (χ3v) is 2.71. The second-order valence-electron chi connectivity index (χ2n) is 3.77. The van der Waals surface area contributed by atoms with Crippen LogP contribution in [0.5, 0.6) is 17.2 Å². The van der Waals surface area contributed by atoms with Crippen molar-refractivity contribution in [1.82, 2.24) is 4.98 Å². The third kappa shape index (κ3) is 3.36. The van der Waals surface area contributed by atoms with E-state index in [1.54, 1.807) is 36.7 Å². The smallest absolute Gasteiger partial charge is 0.146 e. The minimum atomic E-state index is 0.367. The fourth-order valence-electron chi connectivity index (χ4n) is 1.54. The molecular weight excluding hydrogens is 264 g/mol. The summed E-state index contributed by atoms with van der Waals surface area (Å²) in [7, 11) is 1.54. The van der Waals surface area contributed by atoms with Gasteiger partial charge in [0.25, 0.3) is 0 Å². The van der Waals surface area contributed by atoms with Crippen LogP contribution in [-0.2, 0) is 5.88 Å². The summed E-state index contributed by atoms with van der Waals surface area (Å²) in [5, 5.41) is 8.94. The lowest BCUT2D eigenvalue weighted by molar-refractivity contribution is 0.408. The standard InChI is InChI=1S/C14H11ClN2O2/c1-18-12-2-10(7-16)3-13(5-12)19-14-4-11(6-15)8-17-9-14/h2-5,8-9H,6H2,1H3. The van der Waals surface area contributed by atoms with Gasteiger partial charge in [0.2, 0.25) is 0 Å². The van der Waals surface area contributed by atoms with E-state index < -0.39 is 0 Å². The Morgan fingerprint density at radius 1 is 1.16 bits per heavy atom. The van der Waals surface area contributed by atoms with Gasteiger partial charge in [-0.15, -0.1) is 11.6 Å². The highest BCUT2D eigenvalue weighted by Crippen LogP contribution is 2.27. The van der Waals surface area contributed by atoms with Crippen molar-refractivity contribution in [2.75, 3.05) is 7.11 Å². The van der Waals surface area contributed by atoms with Gasteiger partial charge < -0.3 is 9.47 Å². The number of ether oxygens (including phenoxy) is 2. The molecule has 5 heteroatoms. The van der Waals surface area contributed by atoms with Gasteiger partial charge in [-0.1, -0.05) is 0 Å². The molecule has 0 aliphatic heterocycles. The van der Waals surface area contributed by atoms with Gasteiger partial charge in [0.1, 0.15) is 17.2 Å². The number of nitriles is 1. The molecule has 0 amide bonds. The normalized spacial score (nSPS) is 9.74. The molecule has 4 nitrogen and oxygen atoms in total. The molecule has 0 aliphatic rings. The van der Waals surface area contributed by atoms with Crippen molar-refractivity contribution >= 4 is 11.6 Å². The molecule has 1 aromatic heterocycles. The molecule has 2 rings (SSSR count). The maximum absolute atomic E-state index is 8.94. The summed E-state index contributed by atoms with van der Waals surface area (Å²) in [5.74, 6) is 2.02. The van der Waals surface area contributed by atoms with E-state index in [-0.39, 0.29) is 0 Å². The molecule has 1 heterocycles. The number of nitrogens with zero attached hydrogens (tertiary/aromatic N) is 2. The summed E-state index contributed by atoms with van der Waals surface area (Å²) in [6, 6.07) is 8.83. The molecule has 0 atom stereocenters. The van der Waals surface area contributed by atoms with Gasteiger partial charge in [0, 0.05) is 18.1 Å². The Morgan fingerprint density at radius 3 is 2.63 bits per heavy atom. The third-order valence-electron chi connectivity index (χ3n) is 2.40. The van der Waals surface area contributed by atoms with Crippen LogP contribution in [-0.4, -0.2) is 12.1 Å². The summed E-state index contributed by atoms with van der Waals surface area (Å²) < 4.78 is 10.8. The van der Waals surface area contributed by atoms with Gasteiger partial charge in [-0.3, -0.25) is 4.98 Å². The Balaban J connectivity index is 2.29. The summed E-state index contributed by atoms with van der Waals surface area (Å²) in [5.41, 5.74) is 1.33. The SMILES string of the molecule is COc1cc(C#N)cc(Oc2cncc(CCl)c2)c1. The molecule has 0 spiro atoms. The zero-order valence-electron chi connectivity index (χ0n) is 10.3. The molecule has 0 N–H and O–H groups in total. The largest absolute Gasteiger partial charge is 0.497 e. The number of hydrogen-bond donors (Lipinski definition) is 0. The molecular formula is C14H11ClN2O2. The van der Waals surface area contributed by atoms with E-state index in [0.29, 0.717) is 28.7 Å². The highest BCUT2D eigenvalue weighted by molar-refractivity contribution is 6.17. The van der Waals surface area contributed by atoms with Crippen molar-refractivity contribution in [2.45, 2.75) is 5.88 Å². The van der Waals surface area contributed by atoms with Gasteiger partial charge in [0.15, 0.2) is 0 Å². The molecule has 0 bridgehead atoms. The Kier molecular flexibility index (Phi) is 4.22. The highest BCUT2D eigenvalue weighted by atomic mass is 35.5. The average Bonchev–Trinajstić information content (AvgIpc) is 2.47. The van der Waals surface area contributed by atoms with Crippen molar-refractivity contribution in [1.29, 1.82) is 5.26 Å². The maximum atomic E-state index is 8.94. The van der Waals surface area contributed by atoms with Crippen LogP contribution in [0.25, 0.3) is 0 Å². The minimum absolute atomic E-state index is 0.367. The van der Waals surface area contributed by atoms with E-state index >= 15 is 0 Å². The number of benzene rings is 1. The first kappa shape index (κ1) is 13.2. The molecule has 96 valence electrons. The number of rotatable bonds is 4. The molecule has 0 saturated heterocycles. The second kappa shape index (κ2) is 6.07. The second-order valence-corrected chi connectivity index (χ2v) is 4.04. The Bertz CT molecular complexity index is 623. The Hall–Kier alpha value is -2.25. The van der Waals surface area contributed by atoms with Crippen LogP contribution in [0.2, 0.25) is 0 Å². The van der Waals surface area contributed by atoms with Gasteiger partial charge in [0.05, 0.1) is 24.9 Å². The van der Waals surface area contributed by atoms with Crippen LogP contribution in [0.1, 0.15) is 11.1 Å². The average molecular weight is 275 g/mol. The van der Waals surface area contributed by atoms with Crippen molar-refractivity contribution < 1.29 is 9.47 Å². The van der Waals surface area contributed by atoms with Gasteiger partial charge in [-0.2, -0.15) is 5.26 Å². The summed E-state index contributed by atoms with van der Waals surface area (Å²) in [6.45, 7) is 0. The molecule has 0 aliphatic carbocycles. The van der Waals surface area contributed by atoms with E-state index in [0.717, 1.165) is 5.56 Å². The summed E-state index contributed by atoms with van der Waals surface area (Å²) in [6.07, 6.45) is 3.26. The fraction of sp³-hybridized carbons (Fsp3) is 0.143. The predicted octanol–water partition coefficient (Wildman–Crippen LogP) is 3.49. The van der Waals surface area contributed by atoms with Crippen LogP contribution >= 0.6 is 11.6 Å². The Morgan fingerprint density at radius 2 is 1.95 bits per heavy atom. The van der Waals surface area contributed by atoms with E-state index in [4.69, 9.17) is 26.3 Å². The number of pyridine rings is 1. The Labute approximate surface area is 116 Å². The lowest BCUT2D eigenvalue weighted by Crippen LogP contribution is -1.90. The number of halogens is 1. The van der Waals surface area contributed by atoms with Crippen molar-refractivity contribution in [2.24, 2.45) is 0 Å². The van der Waals surface area contributed by atoms with Crippen molar-refractivity contribution in [3.05, 3.63) is 47.8 Å². The molecule has 1 aromatic carbocycles. The monoisotopic (exact) mass is 274 g/mol. The van der Waals surface area contributed by atoms with Crippen LogP contribution in [0, 0.1) is 11.3 Å². The minimum Gasteiger partial charge on any atom is -0.497 e. The van der Waals surface area contributed by atoms with Crippen LogP contribution in [0.4, 0.5) is 0 Å². The zero-order valence-corrected chi connectivity index (χ0v) is 11.0. The molecule has 0 radical (unpaired) electrons. The van der Waals surface area contributed by atoms with Crippen molar-refractivity contribution in [3.8, 4) is 23.3 Å². The fourth-order valence-corrected chi connectivity index (χ4v) is 1.69. The van der Waals surface area contributed by atoms with Gasteiger partial charge in [-0.05, 0) is 23.8 Å². The summed E-state index contributed by atoms with van der Waals surface area (Å²) >= 11 is 5.74. The van der Waals surface area contributed by atoms with E-state index in [9.17, 15) is 0 Å². The van der Waals surface area contributed by atoms with Crippen LogP contribution in [0.3, 0.4) is 0 Å². The quantitative estimate of drug-likeness (QED) is 0.801. The number of hydrogen-bond acceptors (Lipinski definition) is 4. The van der Waals surface area contributed by atoms with Crippen molar-refractivity contribution in [3.63, 3.8) is 0 Å². The van der Waals surface area contributed by atoms with Gasteiger partial charge in [-0.25, -0.2) is 0 Å².